The molecule has 1 heterocycles. The van der Waals surface area contributed by atoms with Crippen LogP contribution < -0.4 is 4.72 Å². The topological polar surface area (TPSA) is 59.1 Å². The van der Waals surface area contributed by atoms with Crippen LogP contribution in [0.4, 0.5) is 0 Å². The van der Waals surface area contributed by atoms with E-state index in [1.165, 1.54) is 0 Å². The Labute approximate surface area is 82.1 Å². The second kappa shape index (κ2) is 4.17. The van der Waals surface area contributed by atoms with E-state index in [-0.39, 0.29) is 0 Å². The zero-order valence-corrected chi connectivity index (χ0v) is 9.20. The maximum absolute atomic E-state index is 10.7. The van der Waals surface area contributed by atoms with Crippen LogP contribution in [0, 0.1) is 6.92 Å². The van der Waals surface area contributed by atoms with Gasteiger partial charge in [0.1, 0.15) is 0 Å². The lowest BCUT2D eigenvalue weighted by molar-refractivity contribution is 0.588. The summed E-state index contributed by atoms with van der Waals surface area (Å²) in [4.78, 5) is 5.18. The van der Waals surface area contributed by atoms with E-state index < -0.39 is 10.0 Å². The Kier molecular flexibility index (Phi) is 3.40. The van der Waals surface area contributed by atoms with E-state index in [1.54, 1.807) is 17.5 Å². The monoisotopic (exact) mass is 220 g/mol. The van der Waals surface area contributed by atoms with Crippen LogP contribution >= 0.6 is 11.3 Å². The summed E-state index contributed by atoms with van der Waals surface area (Å²) < 4.78 is 23.8. The van der Waals surface area contributed by atoms with Crippen molar-refractivity contribution in [2.75, 3.05) is 12.8 Å². The summed E-state index contributed by atoms with van der Waals surface area (Å²) in [6.07, 6.45) is 3.65. The van der Waals surface area contributed by atoms with Crippen LogP contribution in [0.2, 0.25) is 0 Å². The van der Waals surface area contributed by atoms with Crippen molar-refractivity contribution < 1.29 is 8.42 Å². The van der Waals surface area contributed by atoms with E-state index >= 15 is 0 Å². The molecule has 0 aliphatic heterocycles. The maximum Gasteiger partial charge on any atom is 0.208 e. The van der Waals surface area contributed by atoms with Crippen molar-refractivity contribution in [1.82, 2.24) is 9.71 Å². The van der Waals surface area contributed by atoms with Gasteiger partial charge in [-0.1, -0.05) is 0 Å². The number of nitrogens with zero attached hydrogens (tertiary/aromatic N) is 1. The lowest BCUT2D eigenvalue weighted by Gasteiger charge is -1.98. The van der Waals surface area contributed by atoms with Crippen molar-refractivity contribution in [3.8, 4) is 0 Å². The molecule has 0 radical (unpaired) electrons. The zero-order chi connectivity index (χ0) is 9.90. The molecule has 1 N–H and O–H groups in total. The second-order valence-corrected chi connectivity index (χ2v) is 5.91. The normalized spacial score (nSPS) is 11.8. The molecule has 74 valence electrons. The first kappa shape index (κ1) is 10.6. The Morgan fingerprint density at radius 1 is 1.62 bits per heavy atom. The van der Waals surface area contributed by atoms with Gasteiger partial charge in [0.2, 0.25) is 10.0 Å². The van der Waals surface area contributed by atoms with Gasteiger partial charge in [0.25, 0.3) is 0 Å². The maximum atomic E-state index is 10.7. The first-order chi connectivity index (χ1) is 5.97. The summed E-state index contributed by atoms with van der Waals surface area (Å²) in [5.74, 6) is 0. The van der Waals surface area contributed by atoms with E-state index in [0.717, 1.165) is 16.1 Å². The third-order valence-electron chi connectivity index (χ3n) is 1.40. The molecule has 1 aromatic heterocycles. The molecular formula is C7H12N2O2S2. The summed E-state index contributed by atoms with van der Waals surface area (Å²) in [7, 11) is -3.05. The molecule has 0 unspecified atom stereocenters. The Morgan fingerprint density at radius 3 is 2.77 bits per heavy atom. The average Bonchev–Trinajstić information content (AvgIpc) is 2.33. The van der Waals surface area contributed by atoms with Gasteiger partial charge in [0, 0.05) is 17.6 Å². The summed E-state index contributed by atoms with van der Waals surface area (Å²) >= 11 is 1.59. The van der Waals surface area contributed by atoms with Crippen molar-refractivity contribution in [3.63, 3.8) is 0 Å². The molecule has 0 aliphatic rings. The first-order valence-corrected chi connectivity index (χ1v) is 6.54. The molecule has 0 spiro atoms. The van der Waals surface area contributed by atoms with Gasteiger partial charge >= 0.3 is 0 Å². The summed E-state index contributed by atoms with van der Waals surface area (Å²) in [5, 5.41) is 1.01. The van der Waals surface area contributed by atoms with Crippen LogP contribution in [0.25, 0.3) is 0 Å². The lowest BCUT2D eigenvalue weighted by Crippen LogP contribution is -2.23. The molecule has 0 aromatic carbocycles. The molecule has 6 heteroatoms. The molecule has 0 bridgehead atoms. The molecule has 0 amide bonds. The molecule has 0 saturated heterocycles. The number of hydrogen-bond acceptors (Lipinski definition) is 4. The molecule has 13 heavy (non-hydrogen) atoms. The minimum absolute atomic E-state index is 0.445. The Balaban J connectivity index is 2.36. The number of nitrogens with one attached hydrogen (secondary N) is 1. The Hall–Kier alpha value is -0.460. The van der Waals surface area contributed by atoms with Gasteiger partial charge in [0.05, 0.1) is 11.3 Å². The Morgan fingerprint density at radius 2 is 2.31 bits per heavy atom. The number of aryl methyl sites for hydroxylation is 1. The van der Waals surface area contributed by atoms with E-state index in [9.17, 15) is 8.42 Å². The summed E-state index contributed by atoms with van der Waals surface area (Å²) in [6, 6.07) is 0. The molecule has 4 nitrogen and oxygen atoms in total. The van der Waals surface area contributed by atoms with Crippen LogP contribution in [-0.2, 0) is 16.4 Å². The van der Waals surface area contributed by atoms with Crippen LogP contribution in [0.15, 0.2) is 6.20 Å². The third kappa shape index (κ3) is 4.35. The van der Waals surface area contributed by atoms with Gasteiger partial charge in [-0.15, -0.1) is 11.3 Å². The smallest absolute Gasteiger partial charge is 0.208 e. The van der Waals surface area contributed by atoms with Crippen molar-refractivity contribution in [1.29, 1.82) is 0 Å². The largest absolute Gasteiger partial charge is 0.250 e. The van der Waals surface area contributed by atoms with E-state index in [2.05, 4.69) is 9.71 Å². The lowest BCUT2D eigenvalue weighted by atomic mass is 10.4. The quantitative estimate of drug-likeness (QED) is 0.806. The molecular weight excluding hydrogens is 208 g/mol. The van der Waals surface area contributed by atoms with E-state index in [4.69, 9.17) is 0 Å². The zero-order valence-electron chi connectivity index (χ0n) is 7.57. The predicted molar refractivity (Wildman–Crippen MR) is 53.4 cm³/mol. The first-order valence-electron chi connectivity index (χ1n) is 3.83. The SMILES string of the molecule is Cc1ncc(CCNS(C)(=O)=O)s1. The van der Waals surface area contributed by atoms with Gasteiger partial charge < -0.3 is 0 Å². The molecule has 1 rings (SSSR count). The minimum Gasteiger partial charge on any atom is -0.250 e. The number of thiazole rings is 1. The fourth-order valence-corrected chi connectivity index (χ4v) is 2.15. The molecule has 0 atom stereocenters. The van der Waals surface area contributed by atoms with Gasteiger partial charge in [-0.05, 0) is 13.3 Å². The van der Waals surface area contributed by atoms with E-state index in [1.807, 2.05) is 6.92 Å². The average molecular weight is 220 g/mol. The number of aromatic nitrogens is 1. The van der Waals surface area contributed by atoms with Crippen LogP contribution in [-0.4, -0.2) is 26.2 Å². The molecule has 1 aromatic rings. The predicted octanol–water partition coefficient (Wildman–Crippen LogP) is 0.543. The van der Waals surface area contributed by atoms with E-state index in [0.29, 0.717) is 13.0 Å². The van der Waals surface area contributed by atoms with Crippen molar-refractivity contribution in [2.24, 2.45) is 0 Å². The highest BCUT2D eigenvalue weighted by Crippen LogP contribution is 2.11. The van der Waals surface area contributed by atoms with Gasteiger partial charge in [-0.2, -0.15) is 0 Å². The van der Waals surface area contributed by atoms with Gasteiger partial charge in [-0.25, -0.2) is 18.1 Å². The van der Waals surface area contributed by atoms with Gasteiger partial charge in [0.15, 0.2) is 0 Å². The van der Waals surface area contributed by atoms with Crippen molar-refractivity contribution in [2.45, 2.75) is 13.3 Å². The second-order valence-electron chi connectivity index (χ2n) is 2.76. The summed E-state index contributed by atoms with van der Waals surface area (Å²) in [6.45, 7) is 2.37. The standard InChI is InChI=1S/C7H12N2O2S2/c1-6-8-5-7(12-6)3-4-9-13(2,10)11/h5,9H,3-4H2,1-2H3. The molecule has 0 saturated carbocycles. The fourth-order valence-electron chi connectivity index (χ4n) is 0.881. The number of sulfonamides is 1. The van der Waals surface area contributed by atoms with Crippen molar-refractivity contribution in [3.05, 3.63) is 16.1 Å². The fraction of sp³-hybridized carbons (Fsp3) is 0.571. The third-order valence-corrected chi connectivity index (χ3v) is 3.11. The highest BCUT2D eigenvalue weighted by Gasteiger charge is 2.01. The number of rotatable bonds is 4. The summed E-state index contributed by atoms with van der Waals surface area (Å²) in [5.41, 5.74) is 0. The minimum atomic E-state index is -3.05. The van der Waals surface area contributed by atoms with Crippen LogP contribution in [0.1, 0.15) is 9.88 Å². The number of hydrogen-bond donors (Lipinski definition) is 1. The highest BCUT2D eigenvalue weighted by atomic mass is 32.2. The van der Waals surface area contributed by atoms with Crippen LogP contribution in [0.3, 0.4) is 0 Å². The van der Waals surface area contributed by atoms with Crippen molar-refractivity contribution >= 4 is 21.4 Å². The molecule has 0 aliphatic carbocycles. The van der Waals surface area contributed by atoms with Gasteiger partial charge in [-0.3, -0.25) is 0 Å². The van der Waals surface area contributed by atoms with Crippen LogP contribution in [0.5, 0.6) is 0 Å². The molecule has 0 fully saturated rings. The highest BCUT2D eigenvalue weighted by molar-refractivity contribution is 7.88. The Bertz CT molecular complexity index is 370.